The van der Waals surface area contributed by atoms with E-state index >= 15 is 0 Å². The second-order valence-corrected chi connectivity index (χ2v) is 11.7. The second kappa shape index (κ2) is 12.0. The Morgan fingerprint density at radius 3 is 2.55 bits per heavy atom. The lowest BCUT2D eigenvalue weighted by atomic mass is 10.00. The van der Waals surface area contributed by atoms with Gasteiger partial charge in [0.1, 0.15) is 41.1 Å². The smallest absolute Gasteiger partial charge is 0.236 e. The van der Waals surface area contributed by atoms with Crippen molar-refractivity contribution < 1.29 is 18.6 Å². The molecule has 5 aromatic rings. The summed E-state index contributed by atoms with van der Waals surface area (Å²) in [6.07, 6.45) is -0.167. The molecule has 6 rings (SSSR count). The Balaban J connectivity index is 1.23. The first-order valence-electron chi connectivity index (χ1n) is 14.0. The summed E-state index contributed by atoms with van der Waals surface area (Å²) in [7, 11) is 0. The number of anilines is 1. The molecule has 1 saturated heterocycles. The molecule has 1 fully saturated rings. The van der Waals surface area contributed by atoms with E-state index in [4.69, 9.17) is 35.9 Å². The molecular weight excluding hydrogens is 574 g/mol. The predicted molar refractivity (Wildman–Crippen MR) is 169 cm³/mol. The van der Waals surface area contributed by atoms with Crippen molar-refractivity contribution in [1.29, 1.82) is 5.26 Å². The first-order valence-corrected chi connectivity index (χ1v) is 15.0. The number of ether oxygens (including phenoxy) is 3. The normalized spacial score (nSPS) is 15.6. The van der Waals surface area contributed by atoms with Crippen LogP contribution in [0.5, 0.6) is 5.75 Å². The molecule has 0 spiro atoms. The van der Waals surface area contributed by atoms with Crippen molar-refractivity contribution in [3.8, 4) is 34.4 Å². The van der Waals surface area contributed by atoms with E-state index < -0.39 is 5.79 Å². The molecule has 1 aliphatic rings. The largest absolute Gasteiger partial charge is 0.491 e. The number of hydrogen-bond donors (Lipinski definition) is 1. The minimum atomic E-state index is -0.620. The Morgan fingerprint density at radius 2 is 1.84 bits per heavy atom. The zero-order valence-electron chi connectivity index (χ0n) is 24.5. The molecule has 0 amide bonds. The lowest BCUT2D eigenvalue weighted by Crippen LogP contribution is -2.25. The maximum absolute atomic E-state index is 10.2. The third-order valence-electron chi connectivity index (χ3n) is 7.27. The standard InChI is InChI=1S/C34H29N5O4S/c1-20-28(38-32(42-20)24-10-9-21-7-5-6-8-23(21)15-24)19-44-33-27(16-35)29(30(37-4)31(36)39-33)22-11-13-25(14-12-22)40-17-26-18-41-34(2,3)43-26/h5-15,26H,17-19H2,1-3H3,(H2,36,39)/t26-/m0/s1. The Hall–Kier alpha value is -4.87. The lowest BCUT2D eigenvalue weighted by Gasteiger charge is -2.17. The third-order valence-corrected chi connectivity index (χ3v) is 8.26. The second-order valence-electron chi connectivity index (χ2n) is 10.8. The number of aromatic nitrogens is 2. The Labute approximate surface area is 259 Å². The average Bonchev–Trinajstić information content (AvgIpc) is 3.58. The van der Waals surface area contributed by atoms with Crippen LogP contribution in [-0.4, -0.2) is 35.1 Å². The number of hydrogen-bond acceptors (Lipinski definition) is 9. The maximum atomic E-state index is 10.2. The van der Waals surface area contributed by atoms with Crippen LogP contribution in [0.4, 0.5) is 11.5 Å². The number of benzene rings is 3. The number of nitrogens with zero attached hydrogens (tertiary/aromatic N) is 4. The molecule has 220 valence electrons. The van der Waals surface area contributed by atoms with Gasteiger partial charge < -0.3 is 24.4 Å². The van der Waals surface area contributed by atoms with E-state index in [0.717, 1.165) is 22.0 Å². The van der Waals surface area contributed by atoms with Gasteiger partial charge in [0.25, 0.3) is 0 Å². The number of pyridine rings is 1. The highest BCUT2D eigenvalue weighted by atomic mass is 32.2. The summed E-state index contributed by atoms with van der Waals surface area (Å²) in [4.78, 5) is 12.8. The number of aryl methyl sites for hydroxylation is 1. The lowest BCUT2D eigenvalue weighted by molar-refractivity contribution is -0.141. The molecule has 3 heterocycles. The number of nitrogen functional groups attached to an aromatic ring is 1. The molecule has 1 aliphatic heterocycles. The molecule has 0 saturated carbocycles. The average molecular weight is 604 g/mol. The SMILES string of the molecule is [C-]#[N+]c1c(N)nc(SCc2nc(-c3ccc4ccccc4c3)oc2C)c(C#N)c1-c1ccc(OC[C@H]2COC(C)(C)O2)cc1. The van der Waals surface area contributed by atoms with Crippen LogP contribution in [0.25, 0.3) is 38.2 Å². The monoisotopic (exact) mass is 603 g/mol. The molecule has 1 atom stereocenters. The van der Waals surface area contributed by atoms with E-state index in [2.05, 4.69) is 34.1 Å². The molecule has 0 aliphatic carbocycles. The van der Waals surface area contributed by atoms with Crippen molar-refractivity contribution in [3.63, 3.8) is 0 Å². The van der Waals surface area contributed by atoms with E-state index in [1.165, 1.54) is 11.8 Å². The van der Waals surface area contributed by atoms with Crippen molar-refractivity contribution in [2.24, 2.45) is 0 Å². The van der Waals surface area contributed by atoms with Crippen LogP contribution in [-0.2, 0) is 15.2 Å². The van der Waals surface area contributed by atoms with Crippen molar-refractivity contribution >= 4 is 34.0 Å². The summed E-state index contributed by atoms with van der Waals surface area (Å²) in [6, 6.07) is 23.7. The highest BCUT2D eigenvalue weighted by Crippen LogP contribution is 2.42. The number of nitriles is 1. The van der Waals surface area contributed by atoms with E-state index in [-0.39, 0.29) is 23.2 Å². The fourth-order valence-electron chi connectivity index (χ4n) is 5.07. The quantitative estimate of drug-likeness (QED) is 0.140. The molecule has 9 nitrogen and oxygen atoms in total. The first-order chi connectivity index (χ1) is 21.2. The van der Waals surface area contributed by atoms with Gasteiger partial charge in [-0.15, -0.1) is 0 Å². The van der Waals surface area contributed by atoms with Crippen molar-refractivity contribution in [2.45, 2.75) is 43.4 Å². The van der Waals surface area contributed by atoms with Gasteiger partial charge in [-0.2, -0.15) is 5.26 Å². The number of rotatable bonds is 8. The van der Waals surface area contributed by atoms with E-state index in [9.17, 15) is 5.26 Å². The van der Waals surface area contributed by atoms with E-state index in [0.29, 0.717) is 52.5 Å². The molecule has 44 heavy (non-hydrogen) atoms. The van der Waals surface area contributed by atoms with E-state index in [1.807, 2.05) is 57.2 Å². The van der Waals surface area contributed by atoms with Crippen LogP contribution >= 0.6 is 11.8 Å². The Bertz CT molecular complexity index is 1940. The topological polar surface area (TPSA) is 121 Å². The highest BCUT2D eigenvalue weighted by Gasteiger charge is 2.33. The summed E-state index contributed by atoms with van der Waals surface area (Å²) in [6.45, 7) is 14.2. The summed E-state index contributed by atoms with van der Waals surface area (Å²) in [5.41, 5.74) is 9.38. The van der Waals surface area contributed by atoms with Crippen molar-refractivity contribution in [3.05, 3.63) is 95.2 Å². The van der Waals surface area contributed by atoms with Gasteiger partial charge in [0.05, 0.1) is 24.4 Å². The first kappa shape index (κ1) is 29.2. The van der Waals surface area contributed by atoms with Crippen LogP contribution < -0.4 is 10.5 Å². The third kappa shape index (κ3) is 5.97. The molecule has 2 N–H and O–H groups in total. The van der Waals surface area contributed by atoms with Gasteiger partial charge in [0, 0.05) is 16.9 Å². The minimum Gasteiger partial charge on any atom is -0.491 e. The maximum Gasteiger partial charge on any atom is 0.236 e. The molecule has 0 radical (unpaired) electrons. The van der Waals surface area contributed by atoms with Crippen LogP contribution in [0.3, 0.4) is 0 Å². The summed E-state index contributed by atoms with van der Waals surface area (Å²) < 4.78 is 23.3. The van der Waals surface area contributed by atoms with Gasteiger partial charge in [-0.1, -0.05) is 54.2 Å². The Kier molecular flexibility index (Phi) is 7.98. The molecule has 3 aromatic carbocycles. The highest BCUT2D eigenvalue weighted by molar-refractivity contribution is 7.98. The molecular formula is C34H29N5O4S. The summed E-state index contributed by atoms with van der Waals surface area (Å²) in [5.74, 6) is 1.68. The zero-order chi connectivity index (χ0) is 30.8. The van der Waals surface area contributed by atoms with Gasteiger partial charge in [0.15, 0.2) is 5.79 Å². The fraction of sp³-hybridized carbons (Fsp3) is 0.235. The Morgan fingerprint density at radius 1 is 1.09 bits per heavy atom. The van der Waals surface area contributed by atoms with Gasteiger partial charge in [0.2, 0.25) is 11.6 Å². The summed E-state index contributed by atoms with van der Waals surface area (Å²) >= 11 is 1.33. The van der Waals surface area contributed by atoms with Crippen LogP contribution in [0.15, 0.2) is 76.2 Å². The molecule has 0 unspecified atom stereocenters. The summed E-state index contributed by atoms with van der Waals surface area (Å²) in [5, 5.41) is 12.9. The number of nitrogens with two attached hydrogens (primary N) is 1. The van der Waals surface area contributed by atoms with Gasteiger partial charge in [-0.25, -0.2) is 14.8 Å². The fourth-order valence-corrected chi connectivity index (χ4v) is 6.07. The predicted octanol–water partition coefficient (Wildman–Crippen LogP) is 7.69. The van der Waals surface area contributed by atoms with Crippen LogP contribution in [0, 0.1) is 24.8 Å². The molecule has 2 aromatic heterocycles. The zero-order valence-corrected chi connectivity index (χ0v) is 25.3. The van der Waals surface area contributed by atoms with Gasteiger partial charge in [-0.05, 0) is 61.4 Å². The number of oxazole rings is 1. The molecule has 0 bridgehead atoms. The number of thioether (sulfide) groups is 1. The van der Waals surface area contributed by atoms with Crippen molar-refractivity contribution in [2.75, 3.05) is 18.9 Å². The van der Waals surface area contributed by atoms with Gasteiger partial charge >= 0.3 is 0 Å². The minimum absolute atomic E-state index is 0.0616. The van der Waals surface area contributed by atoms with Gasteiger partial charge in [-0.3, -0.25) is 0 Å². The van der Waals surface area contributed by atoms with Crippen molar-refractivity contribution in [1.82, 2.24) is 9.97 Å². The van der Waals surface area contributed by atoms with E-state index in [1.54, 1.807) is 12.1 Å². The number of fused-ring (bicyclic) bond motifs is 1. The molecule has 10 heteroatoms. The van der Waals surface area contributed by atoms with Crippen LogP contribution in [0.1, 0.15) is 30.9 Å². The van der Waals surface area contributed by atoms with Crippen LogP contribution in [0.2, 0.25) is 0 Å².